The van der Waals surface area contributed by atoms with E-state index in [0.717, 1.165) is 25.9 Å². The highest BCUT2D eigenvalue weighted by molar-refractivity contribution is 5.79. The van der Waals surface area contributed by atoms with E-state index in [2.05, 4.69) is 39.9 Å². The lowest BCUT2D eigenvalue weighted by Gasteiger charge is -2.45. The summed E-state index contributed by atoms with van der Waals surface area (Å²) in [4.78, 5) is 13.9. The standard InChI is InChI=1S/C13H26N2O/c1-6-12(2,3)10-13(4,5)15-8-7-14-9-11(15)16/h14H,6-10H2,1-5H3. The molecule has 0 bridgehead atoms. The molecule has 0 aromatic rings. The Morgan fingerprint density at radius 3 is 2.44 bits per heavy atom. The SMILES string of the molecule is CCC(C)(C)CC(C)(C)N1CCNCC1=O. The Kier molecular flexibility index (Phi) is 4.00. The van der Waals surface area contributed by atoms with E-state index >= 15 is 0 Å². The van der Waals surface area contributed by atoms with Crippen molar-refractivity contribution in [3.63, 3.8) is 0 Å². The minimum Gasteiger partial charge on any atom is -0.335 e. The molecule has 94 valence electrons. The lowest BCUT2D eigenvalue weighted by Crippen LogP contribution is -2.57. The van der Waals surface area contributed by atoms with E-state index in [4.69, 9.17) is 0 Å². The summed E-state index contributed by atoms with van der Waals surface area (Å²) in [6.45, 7) is 13.4. The maximum Gasteiger partial charge on any atom is 0.237 e. The van der Waals surface area contributed by atoms with Gasteiger partial charge in [0.1, 0.15) is 0 Å². The van der Waals surface area contributed by atoms with Crippen LogP contribution in [0, 0.1) is 5.41 Å². The van der Waals surface area contributed by atoms with Gasteiger partial charge in [-0.05, 0) is 25.7 Å². The lowest BCUT2D eigenvalue weighted by atomic mass is 9.77. The van der Waals surface area contributed by atoms with E-state index in [0.29, 0.717) is 12.0 Å². The first-order chi connectivity index (χ1) is 7.28. The van der Waals surface area contributed by atoms with E-state index in [1.165, 1.54) is 0 Å². The van der Waals surface area contributed by atoms with Crippen molar-refractivity contribution in [2.24, 2.45) is 5.41 Å². The highest BCUT2D eigenvalue weighted by atomic mass is 16.2. The molecule has 0 spiro atoms. The number of hydrogen-bond donors (Lipinski definition) is 1. The molecule has 1 saturated heterocycles. The van der Waals surface area contributed by atoms with Crippen molar-refractivity contribution in [2.45, 2.75) is 53.0 Å². The largest absolute Gasteiger partial charge is 0.335 e. The summed E-state index contributed by atoms with van der Waals surface area (Å²) in [6, 6.07) is 0. The second-order valence-electron chi connectivity index (χ2n) is 6.23. The molecule has 0 saturated carbocycles. The first-order valence-corrected chi connectivity index (χ1v) is 6.30. The average molecular weight is 226 g/mol. The van der Waals surface area contributed by atoms with Crippen LogP contribution in [0.15, 0.2) is 0 Å². The van der Waals surface area contributed by atoms with Gasteiger partial charge in [-0.25, -0.2) is 0 Å². The van der Waals surface area contributed by atoms with Crippen molar-refractivity contribution in [3.05, 3.63) is 0 Å². The fourth-order valence-electron chi connectivity index (χ4n) is 2.64. The normalized spacial score (nSPS) is 19.1. The Balaban J connectivity index is 2.71. The molecular formula is C13H26N2O. The van der Waals surface area contributed by atoms with Gasteiger partial charge in [0.05, 0.1) is 6.54 Å². The van der Waals surface area contributed by atoms with Crippen LogP contribution < -0.4 is 5.32 Å². The Labute approximate surface area is 99.6 Å². The van der Waals surface area contributed by atoms with Crippen LogP contribution >= 0.6 is 0 Å². The van der Waals surface area contributed by atoms with Crippen LogP contribution in [0.25, 0.3) is 0 Å². The molecule has 0 aromatic carbocycles. The predicted molar refractivity (Wildman–Crippen MR) is 67.4 cm³/mol. The molecule has 1 aliphatic rings. The zero-order valence-corrected chi connectivity index (χ0v) is 11.4. The molecule has 0 aromatic heterocycles. The zero-order valence-electron chi connectivity index (χ0n) is 11.4. The van der Waals surface area contributed by atoms with Gasteiger partial charge in [-0.15, -0.1) is 0 Å². The Hall–Kier alpha value is -0.570. The van der Waals surface area contributed by atoms with Crippen molar-refractivity contribution in [1.82, 2.24) is 10.2 Å². The number of amides is 1. The van der Waals surface area contributed by atoms with E-state index in [-0.39, 0.29) is 11.4 Å². The molecule has 0 atom stereocenters. The maximum atomic E-state index is 11.9. The van der Waals surface area contributed by atoms with Crippen molar-refractivity contribution >= 4 is 5.91 Å². The molecule has 3 heteroatoms. The Morgan fingerprint density at radius 2 is 1.94 bits per heavy atom. The molecule has 0 aliphatic carbocycles. The number of carbonyl (C=O) groups is 1. The molecule has 0 unspecified atom stereocenters. The average Bonchev–Trinajstić information content (AvgIpc) is 2.16. The van der Waals surface area contributed by atoms with E-state index in [1.807, 2.05) is 4.90 Å². The second-order valence-corrected chi connectivity index (χ2v) is 6.23. The van der Waals surface area contributed by atoms with Gasteiger partial charge in [0, 0.05) is 18.6 Å². The van der Waals surface area contributed by atoms with Gasteiger partial charge in [-0.3, -0.25) is 4.79 Å². The number of piperazine rings is 1. The summed E-state index contributed by atoms with van der Waals surface area (Å²) in [7, 11) is 0. The number of hydrogen-bond acceptors (Lipinski definition) is 2. The fourth-order valence-corrected chi connectivity index (χ4v) is 2.64. The van der Waals surface area contributed by atoms with Gasteiger partial charge in [0.2, 0.25) is 5.91 Å². The molecule has 3 nitrogen and oxygen atoms in total. The van der Waals surface area contributed by atoms with E-state index in [9.17, 15) is 4.79 Å². The number of carbonyl (C=O) groups excluding carboxylic acids is 1. The summed E-state index contributed by atoms with van der Waals surface area (Å²) in [5, 5.41) is 3.12. The molecule has 1 aliphatic heterocycles. The lowest BCUT2D eigenvalue weighted by molar-refractivity contribution is -0.138. The molecule has 1 amide bonds. The second kappa shape index (κ2) is 4.74. The van der Waals surface area contributed by atoms with Gasteiger partial charge in [0.25, 0.3) is 0 Å². The van der Waals surface area contributed by atoms with Gasteiger partial charge in [0.15, 0.2) is 0 Å². The van der Waals surface area contributed by atoms with Crippen molar-refractivity contribution < 1.29 is 4.79 Å². The molecule has 1 fully saturated rings. The van der Waals surface area contributed by atoms with Gasteiger partial charge in [-0.1, -0.05) is 27.2 Å². The molecule has 1 N–H and O–H groups in total. The number of rotatable bonds is 4. The fraction of sp³-hybridized carbons (Fsp3) is 0.923. The summed E-state index contributed by atoms with van der Waals surface area (Å²) >= 11 is 0. The molecule has 1 rings (SSSR count). The monoisotopic (exact) mass is 226 g/mol. The van der Waals surface area contributed by atoms with Crippen LogP contribution in [0.3, 0.4) is 0 Å². The Morgan fingerprint density at radius 1 is 1.31 bits per heavy atom. The van der Waals surface area contributed by atoms with Crippen LogP contribution in [-0.4, -0.2) is 36.0 Å². The molecule has 1 heterocycles. The minimum atomic E-state index is -0.0291. The molecule has 0 radical (unpaired) electrons. The highest BCUT2D eigenvalue weighted by Crippen LogP contribution is 2.34. The summed E-state index contributed by atoms with van der Waals surface area (Å²) in [5.41, 5.74) is 0.271. The third kappa shape index (κ3) is 3.21. The van der Waals surface area contributed by atoms with Crippen molar-refractivity contribution in [1.29, 1.82) is 0 Å². The summed E-state index contributed by atoms with van der Waals surface area (Å²) < 4.78 is 0. The van der Waals surface area contributed by atoms with Gasteiger partial charge in [-0.2, -0.15) is 0 Å². The molecule has 16 heavy (non-hydrogen) atoms. The maximum absolute atomic E-state index is 11.9. The van der Waals surface area contributed by atoms with Crippen LogP contribution in [0.4, 0.5) is 0 Å². The minimum absolute atomic E-state index is 0.0291. The van der Waals surface area contributed by atoms with E-state index in [1.54, 1.807) is 0 Å². The smallest absolute Gasteiger partial charge is 0.237 e. The van der Waals surface area contributed by atoms with Crippen molar-refractivity contribution in [2.75, 3.05) is 19.6 Å². The van der Waals surface area contributed by atoms with Gasteiger partial charge >= 0.3 is 0 Å². The third-order valence-electron chi connectivity index (χ3n) is 3.69. The zero-order chi connectivity index (χ0) is 12.4. The van der Waals surface area contributed by atoms with Gasteiger partial charge < -0.3 is 10.2 Å². The van der Waals surface area contributed by atoms with Crippen LogP contribution in [0.5, 0.6) is 0 Å². The number of nitrogens with one attached hydrogen (secondary N) is 1. The van der Waals surface area contributed by atoms with Crippen molar-refractivity contribution in [3.8, 4) is 0 Å². The third-order valence-corrected chi connectivity index (χ3v) is 3.69. The number of nitrogens with zero attached hydrogens (tertiary/aromatic N) is 1. The predicted octanol–water partition coefficient (Wildman–Crippen LogP) is 2.02. The molecular weight excluding hydrogens is 200 g/mol. The first-order valence-electron chi connectivity index (χ1n) is 6.30. The quantitative estimate of drug-likeness (QED) is 0.795. The van der Waals surface area contributed by atoms with Crippen LogP contribution in [-0.2, 0) is 4.79 Å². The van der Waals surface area contributed by atoms with Crippen LogP contribution in [0.1, 0.15) is 47.5 Å². The first kappa shape index (κ1) is 13.5. The van der Waals surface area contributed by atoms with E-state index < -0.39 is 0 Å². The summed E-state index contributed by atoms with van der Waals surface area (Å²) in [6.07, 6.45) is 2.21. The topological polar surface area (TPSA) is 32.3 Å². The summed E-state index contributed by atoms with van der Waals surface area (Å²) in [5.74, 6) is 0.239. The van der Waals surface area contributed by atoms with Crippen LogP contribution in [0.2, 0.25) is 0 Å². The Bertz CT molecular complexity index is 259. The highest BCUT2D eigenvalue weighted by Gasteiger charge is 2.36.